The fourth-order valence-electron chi connectivity index (χ4n) is 1.71. The summed E-state index contributed by atoms with van der Waals surface area (Å²) in [4.78, 5) is 0. The van der Waals surface area contributed by atoms with Gasteiger partial charge in [0.1, 0.15) is 0 Å². The summed E-state index contributed by atoms with van der Waals surface area (Å²) in [6.07, 6.45) is 8.15. The largest absolute Gasteiger partial charge is 0.393 e. The lowest BCUT2D eigenvalue weighted by atomic mass is 10.0. The molecule has 0 amide bonds. The summed E-state index contributed by atoms with van der Waals surface area (Å²) in [5, 5.41) is 5.07. The Balaban J connectivity index is 3.16. The van der Waals surface area contributed by atoms with Crippen LogP contribution in [0.1, 0.15) is 18.9 Å². The predicted octanol–water partition coefficient (Wildman–Crippen LogP) is 3.69. The fourth-order valence-corrected chi connectivity index (χ4v) is 1.94. The van der Waals surface area contributed by atoms with Gasteiger partial charge in [0.15, 0.2) is 0 Å². The molecule has 0 spiro atoms. The molecule has 0 aromatic heterocycles. The molecule has 0 radical (unpaired) electrons. The van der Waals surface area contributed by atoms with Crippen LogP contribution in [0, 0.1) is 0 Å². The molecule has 0 saturated carbocycles. The molecule has 0 heterocycles. The second kappa shape index (κ2) is 7.67. The Morgan fingerprint density at radius 3 is 2.79 bits per heavy atom. The zero-order chi connectivity index (χ0) is 14.3. The molecule has 0 saturated heterocycles. The summed E-state index contributed by atoms with van der Waals surface area (Å²) in [5.41, 5.74) is 3.06. The molecule has 0 unspecified atom stereocenters. The molecule has 19 heavy (non-hydrogen) atoms. The van der Waals surface area contributed by atoms with E-state index in [-0.39, 0.29) is 0 Å². The highest BCUT2D eigenvalue weighted by Crippen LogP contribution is 2.27. The van der Waals surface area contributed by atoms with Crippen molar-refractivity contribution in [3.63, 3.8) is 0 Å². The predicted molar refractivity (Wildman–Crippen MR) is 84.8 cm³/mol. The first kappa shape index (κ1) is 15.3. The molecule has 0 aliphatic carbocycles. The molecule has 0 atom stereocenters. The quantitative estimate of drug-likeness (QED) is 0.473. The van der Waals surface area contributed by atoms with Crippen LogP contribution < -0.4 is 16.2 Å². The minimum atomic E-state index is 0.657. The van der Waals surface area contributed by atoms with Gasteiger partial charge in [-0.2, -0.15) is 0 Å². The Labute approximate surface area is 120 Å². The van der Waals surface area contributed by atoms with Gasteiger partial charge in [-0.15, -0.1) is 0 Å². The van der Waals surface area contributed by atoms with Gasteiger partial charge in [0.2, 0.25) is 0 Å². The summed E-state index contributed by atoms with van der Waals surface area (Å²) in [6.45, 7) is 5.82. The second-order valence-corrected chi connectivity index (χ2v) is 4.43. The third-order valence-electron chi connectivity index (χ3n) is 2.65. The van der Waals surface area contributed by atoms with Crippen LogP contribution >= 0.6 is 11.6 Å². The third-order valence-corrected chi connectivity index (χ3v) is 2.87. The number of benzene rings is 1. The van der Waals surface area contributed by atoms with Gasteiger partial charge in [-0.3, -0.25) is 5.01 Å². The van der Waals surface area contributed by atoms with Gasteiger partial charge in [-0.1, -0.05) is 37.3 Å². The number of rotatable bonds is 6. The lowest BCUT2D eigenvalue weighted by Crippen LogP contribution is -2.24. The molecular weight excluding hydrogens is 258 g/mol. The van der Waals surface area contributed by atoms with Gasteiger partial charge in [0, 0.05) is 24.5 Å². The van der Waals surface area contributed by atoms with Crippen molar-refractivity contribution < 1.29 is 0 Å². The minimum Gasteiger partial charge on any atom is -0.393 e. The number of anilines is 1. The molecule has 0 fully saturated rings. The third kappa shape index (κ3) is 4.47. The van der Waals surface area contributed by atoms with Crippen LogP contribution in [-0.2, 0) is 0 Å². The first-order valence-electron chi connectivity index (χ1n) is 6.12. The Kier molecular flexibility index (Phi) is 6.19. The van der Waals surface area contributed by atoms with E-state index in [1.165, 1.54) is 10.6 Å². The minimum absolute atomic E-state index is 0.657. The van der Waals surface area contributed by atoms with E-state index >= 15 is 0 Å². The smallest absolute Gasteiger partial charge is 0.0589 e. The highest BCUT2D eigenvalue weighted by molar-refractivity contribution is 6.31. The summed E-state index contributed by atoms with van der Waals surface area (Å²) in [6, 6.07) is 5.76. The van der Waals surface area contributed by atoms with Crippen molar-refractivity contribution in [1.29, 1.82) is 0 Å². The average Bonchev–Trinajstić information content (AvgIpc) is 2.41. The van der Waals surface area contributed by atoms with Gasteiger partial charge in [0.05, 0.1) is 5.69 Å². The second-order valence-electron chi connectivity index (χ2n) is 3.99. The molecule has 0 bridgehead atoms. The number of hydrogen-bond donors (Lipinski definition) is 2. The highest BCUT2D eigenvalue weighted by atomic mass is 35.5. The maximum absolute atomic E-state index is 6.15. The maximum Gasteiger partial charge on any atom is 0.0589 e. The summed E-state index contributed by atoms with van der Waals surface area (Å²) < 4.78 is 0. The van der Waals surface area contributed by atoms with E-state index < -0.39 is 0 Å². The molecule has 4 heteroatoms. The van der Waals surface area contributed by atoms with Crippen molar-refractivity contribution in [3.05, 3.63) is 59.9 Å². The molecule has 0 aliphatic heterocycles. The van der Waals surface area contributed by atoms with Crippen LogP contribution in [0.3, 0.4) is 0 Å². The number of halogens is 1. The number of nitrogens with one attached hydrogen (secondary N) is 1. The molecule has 1 rings (SSSR count). The van der Waals surface area contributed by atoms with Gasteiger partial charge < -0.3 is 5.32 Å². The molecule has 3 nitrogen and oxygen atoms in total. The van der Waals surface area contributed by atoms with Gasteiger partial charge in [0.25, 0.3) is 0 Å². The molecule has 1 aromatic rings. The van der Waals surface area contributed by atoms with Gasteiger partial charge >= 0.3 is 0 Å². The molecule has 0 aliphatic rings. The number of hydrazine groups is 1. The van der Waals surface area contributed by atoms with E-state index in [4.69, 9.17) is 17.4 Å². The lowest BCUT2D eigenvalue weighted by molar-refractivity contribution is 1.03. The Morgan fingerprint density at radius 2 is 2.21 bits per heavy atom. The van der Waals surface area contributed by atoms with E-state index in [0.717, 1.165) is 17.7 Å². The van der Waals surface area contributed by atoms with E-state index in [1.54, 1.807) is 18.5 Å². The van der Waals surface area contributed by atoms with Crippen molar-refractivity contribution >= 4 is 22.9 Å². The standard InChI is InChI=1S/C15H20ClN3/c1-4-6-12(5-2)13-9-14(16)11-15(10-13)19(17)8-7-18-3/h4,6-11,18H,1,5,17H2,2-3H3/b8-7-,12-6-. The number of allylic oxidation sites excluding steroid dienone is 3. The normalized spacial score (nSPS) is 11.7. The zero-order valence-electron chi connectivity index (χ0n) is 11.4. The summed E-state index contributed by atoms with van der Waals surface area (Å²) in [7, 11) is 1.82. The average molecular weight is 278 g/mol. The van der Waals surface area contributed by atoms with Gasteiger partial charge in [-0.05, 0) is 35.8 Å². The first-order valence-corrected chi connectivity index (χ1v) is 6.50. The topological polar surface area (TPSA) is 41.3 Å². The molecule has 102 valence electrons. The van der Waals surface area contributed by atoms with Crippen molar-refractivity contribution in [2.75, 3.05) is 12.1 Å². The monoisotopic (exact) mass is 277 g/mol. The van der Waals surface area contributed by atoms with Crippen molar-refractivity contribution in [3.8, 4) is 0 Å². The van der Waals surface area contributed by atoms with E-state index in [1.807, 2.05) is 31.3 Å². The maximum atomic E-state index is 6.15. The van der Waals surface area contributed by atoms with E-state index in [2.05, 4.69) is 18.8 Å². The van der Waals surface area contributed by atoms with Crippen molar-refractivity contribution in [2.45, 2.75) is 13.3 Å². The number of nitrogens with two attached hydrogens (primary N) is 1. The molecule has 3 N–H and O–H groups in total. The summed E-state index contributed by atoms with van der Waals surface area (Å²) in [5.74, 6) is 5.94. The Hall–Kier alpha value is -1.71. The molecular formula is C15H20ClN3. The van der Waals surface area contributed by atoms with Crippen LogP contribution in [0.15, 0.2) is 49.3 Å². The van der Waals surface area contributed by atoms with Gasteiger partial charge in [-0.25, -0.2) is 5.84 Å². The van der Waals surface area contributed by atoms with Crippen LogP contribution in [0.25, 0.3) is 5.57 Å². The number of hydrogen-bond acceptors (Lipinski definition) is 3. The zero-order valence-corrected chi connectivity index (χ0v) is 12.1. The fraction of sp³-hybridized carbons (Fsp3) is 0.200. The SMILES string of the molecule is C=C/C=C(/CC)c1cc(Cl)cc(N(N)/C=C\NC)c1. The van der Waals surface area contributed by atoms with Crippen LogP contribution in [0.4, 0.5) is 5.69 Å². The highest BCUT2D eigenvalue weighted by Gasteiger charge is 2.05. The van der Waals surface area contributed by atoms with Crippen LogP contribution in [0.5, 0.6) is 0 Å². The number of nitrogens with zero attached hydrogens (tertiary/aromatic N) is 1. The lowest BCUT2D eigenvalue weighted by Gasteiger charge is -2.16. The van der Waals surface area contributed by atoms with E-state index in [0.29, 0.717) is 5.02 Å². The first-order chi connectivity index (χ1) is 9.12. The summed E-state index contributed by atoms with van der Waals surface area (Å²) >= 11 is 6.15. The van der Waals surface area contributed by atoms with Crippen LogP contribution in [-0.4, -0.2) is 7.05 Å². The van der Waals surface area contributed by atoms with Crippen molar-refractivity contribution in [2.24, 2.45) is 5.84 Å². The van der Waals surface area contributed by atoms with E-state index in [9.17, 15) is 0 Å². The van der Waals surface area contributed by atoms with Crippen molar-refractivity contribution in [1.82, 2.24) is 5.32 Å². The van der Waals surface area contributed by atoms with Crippen LogP contribution in [0.2, 0.25) is 5.02 Å². The molecule has 1 aromatic carbocycles. The Bertz CT molecular complexity index is 492. The Morgan fingerprint density at radius 1 is 1.47 bits per heavy atom.